The Bertz CT molecular complexity index is 267. The zero-order chi connectivity index (χ0) is 10.8. The van der Waals surface area contributed by atoms with Gasteiger partial charge in [0.15, 0.2) is 0 Å². The van der Waals surface area contributed by atoms with E-state index in [1.165, 1.54) is 0 Å². The lowest BCUT2D eigenvalue weighted by molar-refractivity contribution is 1.18. The largest absolute Gasteiger partial charge is 0.261 e. The molecule has 0 aliphatic heterocycles. The molecule has 0 spiro atoms. The van der Waals surface area contributed by atoms with Crippen molar-refractivity contribution in [2.45, 2.75) is 26.7 Å². The van der Waals surface area contributed by atoms with Crippen LogP contribution in [0.1, 0.15) is 26.7 Å². The summed E-state index contributed by atoms with van der Waals surface area (Å²) >= 11 is 0. The van der Waals surface area contributed by atoms with Crippen LogP contribution in [0.2, 0.25) is 0 Å². The van der Waals surface area contributed by atoms with Crippen molar-refractivity contribution in [1.29, 1.82) is 0 Å². The molecule has 0 heterocycles. The van der Waals surface area contributed by atoms with E-state index in [1.54, 1.807) is 6.08 Å². The lowest BCUT2D eigenvalue weighted by Crippen LogP contribution is -1.84. The van der Waals surface area contributed by atoms with Gasteiger partial charge in [-0.2, -0.15) is 0 Å². The summed E-state index contributed by atoms with van der Waals surface area (Å²) in [6, 6.07) is 0. The van der Waals surface area contributed by atoms with E-state index in [-0.39, 0.29) is 0 Å². The Morgan fingerprint density at radius 2 is 1.93 bits per heavy atom. The average Bonchev–Trinajstić information content (AvgIpc) is 2.21. The van der Waals surface area contributed by atoms with Gasteiger partial charge in [-0.15, -0.1) is 0 Å². The molecule has 0 unspecified atom stereocenters. The van der Waals surface area contributed by atoms with Crippen LogP contribution in [0.5, 0.6) is 0 Å². The van der Waals surface area contributed by atoms with Crippen molar-refractivity contribution in [3.8, 4) is 0 Å². The van der Waals surface area contributed by atoms with Crippen molar-refractivity contribution in [1.82, 2.24) is 0 Å². The van der Waals surface area contributed by atoms with Crippen LogP contribution in [0.3, 0.4) is 0 Å². The number of allylic oxidation sites excluding steroid dienone is 4. The van der Waals surface area contributed by atoms with E-state index in [0.29, 0.717) is 0 Å². The van der Waals surface area contributed by atoms with Crippen LogP contribution in [0, 0.1) is 0 Å². The first kappa shape index (κ1) is 12.6. The van der Waals surface area contributed by atoms with Gasteiger partial charge in [-0.3, -0.25) is 4.99 Å². The zero-order valence-corrected chi connectivity index (χ0v) is 9.16. The third-order valence-corrected chi connectivity index (χ3v) is 1.63. The summed E-state index contributed by atoms with van der Waals surface area (Å²) in [7, 11) is 0. The van der Waals surface area contributed by atoms with E-state index in [1.807, 2.05) is 18.4 Å². The smallest absolute Gasteiger partial charge is 0.0694 e. The van der Waals surface area contributed by atoms with Crippen LogP contribution in [-0.4, -0.2) is 6.21 Å². The summed E-state index contributed by atoms with van der Waals surface area (Å²) in [6.07, 6.45) is 11.4. The second kappa shape index (κ2) is 8.24. The number of hydrogen-bond acceptors (Lipinski definition) is 1. The average molecular weight is 189 g/mol. The SMILES string of the molecule is C=C/C=C(N=CCC)/C(C=C)=C/CC. The summed E-state index contributed by atoms with van der Waals surface area (Å²) in [5.41, 5.74) is 2.00. The molecule has 0 amide bonds. The third-order valence-electron chi connectivity index (χ3n) is 1.63. The highest BCUT2D eigenvalue weighted by Crippen LogP contribution is 2.13. The molecule has 0 rings (SSSR count). The van der Waals surface area contributed by atoms with Crippen LogP contribution in [0.4, 0.5) is 0 Å². The van der Waals surface area contributed by atoms with Crippen LogP contribution in [0.15, 0.2) is 53.7 Å². The van der Waals surface area contributed by atoms with Crippen molar-refractivity contribution in [2.75, 3.05) is 0 Å². The van der Waals surface area contributed by atoms with Gasteiger partial charge in [0.2, 0.25) is 0 Å². The van der Waals surface area contributed by atoms with Gasteiger partial charge in [0.1, 0.15) is 0 Å². The zero-order valence-electron chi connectivity index (χ0n) is 9.16. The van der Waals surface area contributed by atoms with Crippen LogP contribution < -0.4 is 0 Å². The molecule has 0 saturated heterocycles. The van der Waals surface area contributed by atoms with E-state index in [2.05, 4.69) is 38.1 Å². The third kappa shape index (κ3) is 4.61. The summed E-state index contributed by atoms with van der Waals surface area (Å²) in [6.45, 7) is 11.6. The van der Waals surface area contributed by atoms with Crippen molar-refractivity contribution in [3.05, 3.63) is 48.7 Å². The molecule has 0 aromatic carbocycles. The van der Waals surface area contributed by atoms with Gasteiger partial charge in [-0.25, -0.2) is 0 Å². The number of aliphatic imine (C=N–C) groups is 1. The molecule has 76 valence electrons. The molecule has 0 atom stereocenters. The molecule has 1 heteroatoms. The molecule has 0 aromatic heterocycles. The Kier molecular flexibility index (Phi) is 7.43. The van der Waals surface area contributed by atoms with Gasteiger partial charge >= 0.3 is 0 Å². The maximum Gasteiger partial charge on any atom is 0.0694 e. The van der Waals surface area contributed by atoms with Crippen molar-refractivity contribution >= 4 is 6.21 Å². The van der Waals surface area contributed by atoms with Crippen molar-refractivity contribution in [3.63, 3.8) is 0 Å². The molecule has 0 saturated carbocycles. The first-order chi connectivity index (χ1) is 6.79. The molecule has 1 nitrogen and oxygen atoms in total. The topological polar surface area (TPSA) is 12.4 Å². The van der Waals surface area contributed by atoms with Gasteiger partial charge in [0, 0.05) is 6.21 Å². The van der Waals surface area contributed by atoms with Gasteiger partial charge in [-0.1, -0.05) is 45.2 Å². The summed E-state index contributed by atoms with van der Waals surface area (Å²) in [5.74, 6) is 0. The van der Waals surface area contributed by atoms with Gasteiger partial charge in [0.05, 0.1) is 5.70 Å². The van der Waals surface area contributed by atoms with Crippen molar-refractivity contribution < 1.29 is 0 Å². The van der Waals surface area contributed by atoms with Crippen LogP contribution >= 0.6 is 0 Å². The van der Waals surface area contributed by atoms with E-state index in [0.717, 1.165) is 24.1 Å². The molecule has 0 radical (unpaired) electrons. The minimum Gasteiger partial charge on any atom is -0.261 e. The first-order valence-corrected chi connectivity index (χ1v) is 4.98. The van der Waals surface area contributed by atoms with Crippen LogP contribution in [0.25, 0.3) is 0 Å². The maximum atomic E-state index is 4.35. The summed E-state index contributed by atoms with van der Waals surface area (Å²) < 4.78 is 0. The monoisotopic (exact) mass is 189 g/mol. The van der Waals surface area contributed by atoms with Crippen LogP contribution in [-0.2, 0) is 0 Å². The molecule has 0 fully saturated rings. The van der Waals surface area contributed by atoms with Gasteiger partial charge < -0.3 is 0 Å². The predicted octanol–water partition coefficient (Wildman–Crippen LogP) is 4.06. The second-order valence-corrected chi connectivity index (χ2v) is 2.78. The van der Waals surface area contributed by atoms with E-state index in [9.17, 15) is 0 Å². The normalized spacial score (nSPS) is 13.3. The number of nitrogens with zero attached hydrogens (tertiary/aromatic N) is 1. The Morgan fingerprint density at radius 1 is 1.21 bits per heavy atom. The predicted molar refractivity (Wildman–Crippen MR) is 65.6 cm³/mol. The molecule has 0 bridgehead atoms. The number of hydrogen-bond donors (Lipinski definition) is 0. The lowest BCUT2D eigenvalue weighted by atomic mass is 10.1. The Labute approximate surface area is 87.3 Å². The van der Waals surface area contributed by atoms with Crippen molar-refractivity contribution in [2.24, 2.45) is 4.99 Å². The highest BCUT2D eigenvalue weighted by molar-refractivity contribution is 5.60. The van der Waals surface area contributed by atoms with Gasteiger partial charge in [-0.05, 0) is 24.5 Å². The fourth-order valence-corrected chi connectivity index (χ4v) is 1.03. The molecule has 0 aromatic rings. The summed E-state index contributed by atoms with van der Waals surface area (Å²) in [4.78, 5) is 4.35. The molecule has 0 aliphatic carbocycles. The standard InChI is InChI=1S/C13H19N/c1-5-9-12(8-4)13(10-6-2)14-11-7-3/h6,8-11H,2,4-5,7H2,1,3H3/b12-9+,13-10-,14-11?. The van der Waals surface area contributed by atoms with E-state index >= 15 is 0 Å². The minimum atomic E-state index is 0.929. The summed E-state index contributed by atoms with van der Waals surface area (Å²) in [5, 5.41) is 0. The lowest BCUT2D eigenvalue weighted by Gasteiger charge is -2.01. The second-order valence-electron chi connectivity index (χ2n) is 2.78. The molecule has 0 aliphatic rings. The maximum absolute atomic E-state index is 4.35. The molecule has 0 N–H and O–H groups in total. The minimum absolute atomic E-state index is 0.929. The van der Waals surface area contributed by atoms with E-state index in [4.69, 9.17) is 0 Å². The molecule has 14 heavy (non-hydrogen) atoms. The fraction of sp³-hybridized carbons (Fsp3) is 0.308. The highest BCUT2D eigenvalue weighted by Gasteiger charge is 1.96. The Morgan fingerprint density at radius 3 is 2.36 bits per heavy atom. The van der Waals surface area contributed by atoms with E-state index < -0.39 is 0 Å². The first-order valence-electron chi connectivity index (χ1n) is 4.98. The fourth-order valence-electron chi connectivity index (χ4n) is 1.03. The highest BCUT2D eigenvalue weighted by atomic mass is 14.7. The Balaban J connectivity index is 4.88. The molecular formula is C13H19N. The van der Waals surface area contributed by atoms with Gasteiger partial charge in [0.25, 0.3) is 0 Å². The number of rotatable bonds is 6. The quantitative estimate of drug-likeness (QED) is 0.441. The Hall–Kier alpha value is -1.37. The molecular weight excluding hydrogens is 170 g/mol.